The third-order valence-corrected chi connectivity index (χ3v) is 3.33. The van der Waals surface area contributed by atoms with Crippen molar-refractivity contribution in [1.29, 1.82) is 0 Å². The fourth-order valence-electron chi connectivity index (χ4n) is 2.42. The summed E-state index contributed by atoms with van der Waals surface area (Å²) in [6.45, 7) is 9.41. The van der Waals surface area contributed by atoms with Crippen LogP contribution in [0.2, 0.25) is 0 Å². The molecule has 0 saturated carbocycles. The normalized spacial score (nSPS) is 16.1. The van der Waals surface area contributed by atoms with Crippen LogP contribution < -0.4 is 10.2 Å². The maximum Gasteiger partial charge on any atom is 0.229 e. The molecule has 0 bridgehead atoms. The maximum atomic E-state index is 5.39. The average Bonchev–Trinajstić information content (AvgIpc) is 2.80. The van der Waals surface area contributed by atoms with Gasteiger partial charge in [0.2, 0.25) is 5.95 Å². The van der Waals surface area contributed by atoms with E-state index in [2.05, 4.69) is 40.1 Å². The highest BCUT2D eigenvalue weighted by Gasteiger charge is 2.17. The number of H-pyrrole nitrogens is 1. The second-order valence-corrected chi connectivity index (χ2v) is 5.49. The minimum absolute atomic E-state index is 0.334. The Morgan fingerprint density at radius 1 is 1.30 bits per heavy atom. The number of anilines is 2. The molecule has 0 unspecified atom stereocenters. The zero-order valence-corrected chi connectivity index (χ0v) is 12.2. The Morgan fingerprint density at radius 3 is 2.75 bits per heavy atom. The molecule has 0 aromatic carbocycles. The van der Waals surface area contributed by atoms with Crippen molar-refractivity contribution >= 4 is 22.8 Å². The van der Waals surface area contributed by atoms with E-state index in [9.17, 15) is 0 Å². The van der Waals surface area contributed by atoms with Gasteiger partial charge in [0.1, 0.15) is 11.5 Å². The standard InChI is InChI=1S/C14H21N5O/c1-9(2)15-12-11-8-10(3)16-13(11)18-14(17-12)19-4-6-20-7-5-19/h8-9H,4-7H2,1-3H3,(H2,15,16,17,18). The smallest absolute Gasteiger partial charge is 0.229 e. The molecule has 0 aliphatic carbocycles. The van der Waals surface area contributed by atoms with E-state index >= 15 is 0 Å². The molecule has 1 aliphatic heterocycles. The van der Waals surface area contributed by atoms with Gasteiger partial charge < -0.3 is 19.9 Å². The summed E-state index contributed by atoms with van der Waals surface area (Å²) in [4.78, 5) is 14.8. The van der Waals surface area contributed by atoms with Gasteiger partial charge in [-0.25, -0.2) is 0 Å². The highest BCUT2D eigenvalue weighted by atomic mass is 16.5. The number of aromatic nitrogens is 3. The summed E-state index contributed by atoms with van der Waals surface area (Å²) in [5.74, 6) is 1.67. The van der Waals surface area contributed by atoms with Gasteiger partial charge in [-0.15, -0.1) is 0 Å². The molecule has 20 heavy (non-hydrogen) atoms. The first-order valence-electron chi connectivity index (χ1n) is 7.10. The lowest BCUT2D eigenvalue weighted by Crippen LogP contribution is -2.37. The molecular weight excluding hydrogens is 254 g/mol. The lowest BCUT2D eigenvalue weighted by Gasteiger charge is -2.27. The van der Waals surface area contributed by atoms with Crippen LogP contribution in [0.5, 0.6) is 0 Å². The SMILES string of the molecule is Cc1cc2c(NC(C)C)nc(N3CCOCC3)nc2[nH]1. The Morgan fingerprint density at radius 2 is 2.05 bits per heavy atom. The van der Waals surface area contributed by atoms with E-state index in [0.29, 0.717) is 6.04 Å². The van der Waals surface area contributed by atoms with Crippen LogP contribution in [0.15, 0.2) is 6.07 Å². The molecule has 0 spiro atoms. The summed E-state index contributed by atoms with van der Waals surface area (Å²) in [6.07, 6.45) is 0. The van der Waals surface area contributed by atoms with Crippen molar-refractivity contribution < 1.29 is 4.74 Å². The molecule has 3 rings (SSSR count). The summed E-state index contributed by atoms with van der Waals surface area (Å²) in [6, 6.07) is 2.42. The Balaban J connectivity index is 2.03. The van der Waals surface area contributed by atoms with E-state index in [1.165, 1.54) is 0 Å². The van der Waals surface area contributed by atoms with E-state index < -0.39 is 0 Å². The van der Waals surface area contributed by atoms with Gasteiger partial charge in [-0.1, -0.05) is 0 Å². The zero-order chi connectivity index (χ0) is 14.1. The van der Waals surface area contributed by atoms with Crippen molar-refractivity contribution in [3.63, 3.8) is 0 Å². The molecule has 6 nitrogen and oxygen atoms in total. The number of ether oxygens (including phenoxy) is 1. The molecule has 2 aromatic heterocycles. The first kappa shape index (κ1) is 13.2. The van der Waals surface area contributed by atoms with Crippen LogP contribution in [-0.2, 0) is 4.74 Å². The number of nitrogens with one attached hydrogen (secondary N) is 2. The Labute approximate surface area is 118 Å². The monoisotopic (exact) mass is 275 g/mol. The zero-order valence-electron chi connectivity index (χ0n) is 12.2. The summed E-state index contributed by atoms with van der Waals surface area (Å²) in [5.41, 5.74) is 1.99. The molecule has 1 fully saturated rings. The molecular formula is C14H21N5O. The van der Waals surface area contributed by atoms with E-state index in [4.69, 9.17) is 9.72 Å². The fourth-order valence-corrected chi connectivity index (χ4v) is 2.42. The van der Waals surface area contributed by atoms with E-state index in [1.54, 1.807) is 0 Å². The molecule has 2 N–H and O–H groups in total. The van der Waals surface area contributed by atoms with Gasteiger partial charge in [0, 0.05) is 24.8 Å². The van der Waals surface area contributed by atoms with Crippen molar-refractivity contribution in [2.75, 3.05) is 36.5 Å². The lowest BCUT2D eigenvalue weighted by molar-refractivity contribution is 0.122. The number of fused-ring (bicyclic) bond motifs is 1. The molecule has 108 valence electrons. The maximum absolute atomic E-state index is 5.39. The average molecular weight is 275 g/mol. The van der Waals surface area contributed by atoms with Gasteiger partial charge in [-0.3, -0.25) is 0 Å². The fraction of sp³-hybridized carbons (Fsp3) is 0.571. The number of hydrogen-bond acceptors (Lipinski definition) is 5. The third-order valence-electron chi connectivity index (χ3n) is 3.33. The van der Waals surface area contributed by atoms with Crippen molar-refractivity contribution in [2.45, 2.75) is 26.8 Å². The van der Waals surface area contributed by atoms with Gasteiger partial charge in [0.25, 0.3) is 0 Å². The largest absolute Gasteiger partial charge is 0.378 e. The van der Waals surface area contributed by atoms with Crippen LogP contribution in [0.4, 0.5) is 11.8 Å². The summed E-state index contributed by atoms with van der Waals surface area (Å²) in [7, 11) is 0. The first-order valence-corrected chi connectivity index (χ1v) is 7.10. The predicted octanol–water partition coefficient (Wildman–Crippen LogP) is 1.92. The van der Waals surface area contributed by atoms with E-state index in [0.717, 1.165) is 54.8 Å². The van der Waals surface area contributed by atoms with Crippen LogP contribution in [0.25, 0.3) is 11.0 Å². The second kappa shape index (κ2) is 5.28. The lowest BCUT2D eigenvalue weighted by atomic mass is 10.3. The molecule has 1 saturated heterocycles. The quantitative estimate of drug-likeness (QED) is 0.896. The molecule has 1 aliphatic rings. The van der Waals surface area contributed by atoms with Crippen molar-refractivity contribution in [2.24, 2.45) is 0 Å². The van der Waals surface area contributed by atoms with E-state index in [1.807, 2.05) is 6.92 Å². The van der Waals surface area contributed by atoms with Crippen LogP contribution in [-0.4, -0.2) is 47.3 Å². The number of hydrogen-bond donors (Lipinski definition) is 2. The summed E-state index contributed by atoms with van der Waals surface area (Å²) >= 11 is 0. The minimum atomic E-state index is 0.334. The van der Waals surface area contributed by atoms with Gasteiger partial charge in [0.15, 0.2) is 0 Å². The second-order valence-electron chi connectivity index (χ2n) is 5.49. The highest BCUT2D eigenvalue weighted by molar-refractivity contribution is 5.89. The highest BCUT2D eigenvalue weighted by Crippen LogP contribution is 2.25. The number of morpholine rings is 1. The topological polar surface area (TPSA) is 66.1 Å². The summed E-state index contributed by atoms with van der Waals surface area (Å²) in [5, 5.41) is 4.46. The number of nitrogens with zero attached hydrogens (tertiary/aromatic N) is 3. The number of aromatic amines is 1. The number of rotatable bonds is 3. The summed E-state index contributed by atoms with van der Waals surface area (Å²) < 4.78 is 5.39. The van der Waals surface area contributed by atoms with Gasteiger partial charge in [-0.2, -0.15) is 9.97 Å². The third kappa shape index (κ3) is 2.56. The molecule has 2 aromatic rings. The van der Waals surface area contributed by atoms with Crippen LogP contribution >= 0.6 is 0 Å². The van der Waals surface area contributed by atoms with Crippen molar-refractivity contribution in [3.05, 3.63) is 11.8 Å². The van der Waals surface area contributed by atoms with Crippen LogP contribution in [0, 0.1) is 6.92 Å². The predicted molar refractivity (Wildman–Crippen MR) is 80.4 cm³/mol. The van der Waals surface area contributed by atoms with Gasteiger partial charge in [0.05, 0.1) is 18.6 Å². The van der Waals surface area contributed by atoms with E-state index in [-0.39, 0.29) is 0 Å². The molecule has 0 amide bonds. The molecule has 6 heteroatoms. The Kier molecular flexibility index (Phi) is 3.48. The molecule has 3 heterocycles. The van der Waals surface area contributed by atoms with Crippen LogP contribution in [0.1, 0.15) is 19.5 Å². The minimum Gasteiger partial charge on any atom is -0.378 e. The number of aryl methyl sites for hydroxylation is 1. The van der Waals surface area contributed by atoms with Crippen molar-refractivity contribution in [1.82, 2.24) is 15.0 Å². The first-order chi connectivity index (χ1) is 9.63. The molecule has 0 atom stereocenters. The van der Waals surface area contributed by atoms with Crippen molar-refractivity contribution in [3.8, 4) is 0 Å². The van der Waals surface area contributed by atoms with Gasteiger partial charge >= 0.3 is 0 Å². The van der Waals surface area contributed by atoms with Gasteiger partial charge in [-0.05, 0) is 26.8 Å². The Bertz CT molecular complexity index is 601. The molecule has 0 radical (unpaired) electrons. The van der Waals surface area contributed by atoms with Crippen LogP contribution in [0.3, 0.4) is 0 Å². The Hall–Kier alpha value is -1.82.